The number of nitrogens with zero attached hydrogens (tertiary/aromatic N) is 2. The van der Waals surface area contributed by atoms with Crippen LogP contribution in [0.15, 0.2) is 24.3 Å². The maximum atomic E-state index is 12.7. The summed E-state index contributed by atoms with van der Waals surface area (Å²) in [5.41, 5.74) is 3.29. The molecule has 2 saturated heterocycles. The molecule has 3 nitrogen and oxygen atoms in total. The molecule has 1 amide bonds. The second-order valence-electron chi connectivity index (χ2n) is 9.82. The van der Waals surface area contributed by atoms with Crippen LogP contribution in [0.2, 0.25) is 0 Å². The van der Waals surface area contributed by atoms with Crippen molar-refractivity contribution < 1.29 is 4.79 Å². The number of hydrogen-bond acceptors (Lipinski definition) is 2. The van der Waals surface area contributed by atoms with Gasteiger partial charge in [0.15, 0.2) is 0 Å². The number of aryl methyl sites for hydroxylation is 1. The van der Waals surface area contributed by atoms with E-state index in [0.717, 1.165) is 37.8 Å². The first-order valence-electron chi connectivity index (χ1n) is 11.1. The van der Waals surface area contributed by atoms with E-state index in [4.69, 9.17) is 0 Å². The summed E-state index contributed by atoms with van der Waals surface area (Å²) in [5, 5.41) is 0. The third kappa shape index (κ3) is 3.88. The fourth-order valence-electron chi connectivity index (χ4n) is 5.65. The fourth-order valence-corrected chi connectivity index (χ4v) is 5.65. The van der Waals surface area contributed by atoms with E-state index in [2.05, 4.69) is 54.8 Å². The molecular weight excluding hydrogens is 332 g/mol. The molecule has 3 aliphatic rings. The molecule has 0 aromatic heterocycles. The molecule has 1 aliphatic carbocycles. The number of rotatable bonds is 5. The van der Waals surface area contributed by atoms with Gasteiger partial charge in [0.2, 0.25) is 5.91 Å². The summed E-state index contributed by atoms with van der Waals surface area (Å²) in [6.07, 6.45) is 6.80. The van der Waals surface area contributed by atoms with Gasteiger partial charge in [0.1, 0.15) is 0 Å². The molecule has 2 heterocycles. The lowest BCUT2D eigenvalue weighted by molar-refractivity contribution is -0.136. The molecule has 0 radical (unpaired) electrons. The first-order valence-corrected chi connectivity index (χ1v) is 11.1. The van der Waals surface area contributed by atoms with Gasteiger partial charge in [0, 0.05) is 43.7 Å². The first kappa shape index (κ1) is 18.8. The number of hydrogen-bond donors (Lipinski definition) is 0. The van der Waals surface area contributed by atoms with Crippen molar-refractivity contribution in [2.24, 2.45) is 23.2 Å². The Bertz CT molecular complexity index is 643. The van der Waals surface area contributed by atoms with Crippen molar-refractivity contribution in [1.29, 1.82) is 0 Å². The number of benzene rings is 1. The predicted octanol–water partition coefficient (Wildman–Crippen LogP) is 4.75. The van der Waals surface area contributed by atoms with E-state index >= 15 is 0 Å². The standard InChI is InChI=1S/C24H36N2O/c1-4-19-5-7-22(8-6-19)26-16-24(17-26)14-20(15-24)13-23(27)25-11-9-21(10-12-25)18(2)3/h5-8,18,20-21H,4,9-17H2,1-3H3. The Hall–Kier alpha value is -1.51. The van der Waals surface area contributed by atoms with Crippen molar-refractivity contribution in [1.82, 2.24) is 4.90 Å². The monoisotopic (exact) mass is 368 g/mol. The second-order valence-corrected chi connectivity index (χ2v) is 9.82. The first-order chi connectivity index (χ1) is 13.0. The number of piperidine rings is 1. The average Bonchev–Trinajstić information content (AvgIpc) is 2.62. The van der Waals surface area contributed by atoms with Crippen LogP contribution >= 0.6 is 0 Å². The van der Waals surface area contributed by atoms with Gasteiger partial charge in [-0.25, -0.2) is 0 Å². The summed E-state index contributed by atoms with van der Waals surface area (Å²) < 4.78 is 0. The molecule has 1 aromatic rings. The molecule has 2 aliphatic heterocycles. The van der Waals surface area contributed by atoms with Crippen molar-refractivity contribution in [3.05, 3.63) is 29.8 Å². The van der Waals surface area contributed by atoms with Gasteiger partial charge in [0.05, 0.1) is 0 Å². The van der Waals surface area contributed by atoms with Gasteiger partial charge < -0.3 is 9.80 Å². The molecule has 3 heteroatoms. The Balaban J connectivity index is 1.19. The zero-order valence-corrected chi connectivity index (χ0v) is 17.4. The van der Waals surface area contributed by atoms with Crippen molar-refractivity contribution >= 4 is 11.6 Å². The van der Waals surface area contributed by atoms with E-state index in [9.17, 15) is 4.79 Å². The fraction of sp³-hybridized carbons (Fsp3) is 0.708. The highest BCUT2D eigenvalue weighted by atomic mass is 16.2. The summed E-state index contributed by atoms with van der Waals surface area (Å²) in [6, 6.07) is 9.05. The van der Waals surface area contributed by atoms with Gasteiger partial charge in [-0.2, -0.15) is 0 Å². The predicted molar refractivity (Wildman–Crippen MR) is 112 cm³/mol. The van der Waals surface area contributed by atoms with Crippen LogP contribution in [-0.2, 0) is 11.2 Å². The zero-order chi connectivity index (χ0) is 19.0. The quantitative estimate of drug-likeness (QED) is 0.749. The number of anilines is 1. The van der Waals surface area contributed by atoms with Crippen LogP contribution in [0.5, 0.6) is 0 Å². The lowest BCUT2D eigenvalue weighted by atomic mass is 9.57. The third-order valence-electron chi connectivity index (χ3n) is 7.50. The van der Waals surface area contributed by atoms with E-state index < -0.39 is 0 Å². The van der Waals surface area contributed by atoms with E-state index in [1.807, 2.05) is 0 Å². The minimum absolute atomic E-state index is 0.420. The van der Waals surface area contributed by atoms with Gasteiger partial charge in [-0.3, -0.25) is 4.79 Å². The highest BCUT2D eigenvalue weighted by Gasteiger charge is 2.52. The third-order valence-corrected chi connectivity index (χ3v) is 7.50. The van der Waals surface area contributed by atoms with E-state index in [1.165, 1.54) is 50.0 Å². The molecule has 0 unspecified atom stereocenters. The largest absolute Gasteiger partial charge is 0.370 e. The van der Waals surface area contributed by atoms with Crippen molar-refractivity contribution in [3.8, 4) is 0 Å². The summed E-state index contributed by atoms with van der Waals surface area (Å²) in [7, 11) is 0. The number of amides is 1. The Kier molecular flexibility index (Phi) is 5.22. The van der Waals surface area contributed by atoms with Crippen LogP contribution in [0.1, 0.15) is 58.4 Å². The summed E-state index contributed by atoms with van der Waals surface area (Å²) in [5.74, 6) is 2.62. The number of carbonyl (C=O) groups excluding carboxylic acids is 1. The number of likely N-dealkylation sites (tertiary alicyclic amines) is 1. The Morgan fingerprint density at radius 1 is 1.11 bits per heavy atom. The normalized spacial score (nSPS) is 22.8. The molecule has 0 N–H and O–H groups in total. The summed E-state index contributed by atoms with van der Waals surface area (Å²) in [4.78, 5) is 17.3. The molecule has 1 spiro atoms. The number of carbonyl (C=O) groups is 1. The molecule has 4 rings (SSSR count). The zero-order valence-electron chi connectivity index (χ0n) is 17.4. The van der Waals surface area contributed by atoms with Crippen molar-refractivity contribution in [2.45, 2.75) is 59.3 Å². The van der Waals surface area contributed by atoms with Gasteiger partial charge in [-0.15, -0.1) is 0 Å². The van der Waals surface area contributed by atoms with Crippen LogP contribution in [-0.4, -0.2) is 37.0 Å². The van der Waals surface area contributed by atoms with Crippen LogP contribution in [0, 0.1) is 23.2 Å². The van der Waals surface area contributed by atoms with Gasteiger partial charge in [-0.1, -0.05) is 32.9 Å². The maximum Gasteiger partial charge on any atom is 0.222 e. The molecule has 1 aromatic carbocycles. The smallest absolute Gasteiger partial charge is 0.222 e. The lowest BCUT2D eigenvalue weighted by Gasteiger charge is -2.60. The summed E-state index contributed by atoms with van der Waals surface area (Å²) in [6.45, 7) is 11.2. The van der Waals surface area contributed by atoms with Crippen LogP contribution < -0.4 is 4.90 Å². The van der Waals surface area contributed by atoms with Crippen molar-refractivity contribution in [2.75, 3.05) is 31.1 Å². The maximum absolute atomic E-state index is 12.7. The van der Waals surface area contributed by atoms with Crippen LogP contribution in [0.4, 0.5) is 5.69 Å². The van der Waals surface area contributed by atoms with E-state index in [-0.39, 0.29) is 0 Å². The Labute approximate surface area is 165 Å². The molecule has 0 bridgehead atoms. The van der Waals surface area contributed by atoms with E-state index in [0.29, 0.717) is 17.2 Å². The molecule has 3 fully saturated rings. The highest BCUT2D eigenvalue weighted by Crippen LogP contribution is 2.54. The Morgan fingerprint density at radius 2 is 1.74 bits per heavy atom. The molecule has 0 atom stereocenters. The van der Waals surface area contributed by atoms with Gasteiger partial charge >= 0.3 is 0 Å². The second kappa shape index (κ2) is 7.48. The topological polar surface area (TPSA) is 23.6 Å². The van der Waals surface area contributed by atoms with Crippen LogP contribution in [0.3, 0.4) is 0 Å². The van der Waals surface area contributed by atoms with Gasteiger partial charge in [0.25, 0.3) is 0 Å². The van der Waals surface area contributed by atoms with Crippen LogP contribution in [0.25, 0.3) is 0 Å². The summed E-state index contributed by atoms with van der Waals surface area (Å²) >= 11 is 0. The average molecular weight is 369 g/mol. The SMILES string of the molecule is CCc1ccc(N2CC3(CC(CC(=O)N4CCC(C(C)C)CC4)C3)C2)cc1. The minimum atomic E-state index is 0.420. The molecule has 148 valence electrons. The molecular formula is C24H36N2O. The molecule has 1 saturated carbocycles. The Morgan fingerprint density at radius 3 is 2.30 bits per heavy atom. The minimum Gasteiger partial charge on any atom is -0.370 e. The lowest BCUT2D eigenvalue weighted by Crippen LogP contribution is -2.62. The van der Waals surface area contributed by atoms with E-state index in [1.54, 1.807) is 0 Å². The highest BCUT2D eigenvalue weighted by molar-refractivity contribution is 5.76. The van der Waals surface area contributed by atoms with Crippen molar-refractivity contribution in [3.63, 3.8) is 0 Å². The van der Waals surface area contributed by atoms with Gasteiger partial charge in [-0.05, 0) is 67.6 Å². The molecule has 27 heavy (non-hydrogen) atoms.